The highest BCUT2D eigenvalue weighted by molar-refractivity contribution is 7.92. The fraction of sp³-hybridized carbons (Fsp3) is 0.533. The van der Waals surface area contributed by atoms with Crippen molar-refractivity contribution in [3.63, 3.8) is 0 Å². The van der Waals surface area contributed by atoms with Gasteiger partial charge in [0.25, 0.3) is 0 Å². The number of hydrogen-bond acceptors (Lipinski definition) is 3. The molecule has 0 aliphatic carbocycles. The van der Waals surface area contributed by atoms with Crippen LogP contribution < -0.4 is 10.0 Å². The first kappa shape index (κ1) is 17.5. The van der Waals surface area contributed by atoms with Crippen molar-refractivity contribution >= 4 is 27.3 Å². The Balaban J connectivity index is 2.56. The second kappa shape index (κ2) is 8.02. The van der Waals surface area contributed by atoms with Gasteiger partial charge in [-0.15, -0.1) is 0 Å². The van der Waals surface area contributed by atoms with E-state index in [-0.39, 0.29) is 11.7 Å². The van der Waals surface area contributed by atoms with Gasteiger partial charge in [-0.05, 0) is 43.0 Å². The molecule has 0 unspecified atom stereocenters. The minimum Gasteiger partial charge on any atom is -0.326 e. The van der Waals surface area contributed by atoms with Crippen molar-refractivity contribution in [2.24, 2.45) is 5.92 Å². The van der Waals surface area contributed by atoms with Gasteiger partial charge in [0.15, 0.2) is 0 Å². The molecular weight excluding hydrogens is 288 g/mol. The Hall–Kier alpha value is -1.56. The number of rotatable bonds is 8. The van der Waals surface area contributed by atoms with E-state index in [4.69, 9.17) is 0 Å². The van der Waals surface area contributed by atoms with E-state index in [1.165, 1.54) is 0 Å². The van der Waals surface area contributed by atoms with Crippen LogP contribution in [0.4, 0.5) is 11.4 Å². The van der Waals surface area contributed by atoms with Crippen molar-refractivity contribution in [3.05, 3.63) is 24.3 Å². The molecule has 0 radical (unpaired) electrons. The number of benzene rings is 1. The molecule has 1 amide bonds. The number of amides is 1. The normalized spacial score (nSPS) is 11.4. The molecule has 0 saturated carbocycles. The van der Waals surface area contributed by atoms with E-state index in [1.54, 1.807) is 24.3 Å². The summed E-state index contributed by atoms with van der Waals surface area (Å²) in [5, 5.41) is 2.80. The van der Waals surface area contributed by atoms with Gasteiger partial charge >= 0.3 is 0 Å². The molecule has 0 heterocycles. The van der Waals surface area contributed by atoms with Gasteiger partial charge in [0.05, 0.1) is 5.75 Å². The third kappa shape index (κ3) is 7.13. The Labute approximate surface area is 127 Å². The lowest BCUT2D eigenvalue weighted by molar-refractivity contribution is -0.116. The number of anilines is 2. The molecular formula is C15H24N2O3S. The summed E-state index contributed by atoms with van der Waals surface area (Å²) >= 11 is 0. The van der Waals surface area contributed by atoms with Gasteiger partial charge in [0.1, 0.15) is 0 Å². The zero-order valence-electron chi connectivity index (χ0n) is 12.8. The summed E-state index contributed by atoms with van der Waals surface area (Å²) in [6, 6.07) is 6.67. The van der Waals surface area contributed by atoms with Crippen molar-refractivity contribution in [2.45, 2.75) is 40.0 Å². The van der Waals surface area contributed by atoms with Gasteiger partial charge in [-0.2, -0.15) is 0 Å². The van der Waals surface area contributed by atoms with Gasteiger partial charge in [0, 0.05) is 17.8 Å². The zero-order valence-corrected chi connectivity index (χ0v) is 13.7. The Morgan fingerprint density at radius 2 is 1.71 bits per heavy atom. The van der Waals surface area contributed by atoms with Crippen molar-refractivity contribution in [2.75, 3.05) is 15.8 Å². The first-order valence-electron chi connectivity index (χ1n) is 7.23. The van der Waals surface area contributed by atoms with Gasteiger partial charge in [-0.3, -0.25) is 9.52 Å². The monoisotopic (exact) mass is 312 g/mol. The lowest BCUT2D eigenvalue weighted by Gasteiger charge is -2.09. The summed E-state index contributed by atoms with van der Waals surface area (Å²) in [7, 11) is -3.28. The molecule has 0 aromatic heterocycles. The molecule has 118 valence electrons. The molecule has 0 saturated heterocycles. The van der Waals surface area contributed by atoms with E-state index >= 15 is 0 Å². The fourth-order valence-electron chi connectivity index (χ4n) is 1.76. The summed E-state index contributed by atoms with van der Waals surface area (Å²) in [6.45, 7) is 5.96. The molecule has 5 nitrogen and oxygen atoms in total. The molecule has 6 heteroatoms. The lowest BCUT2D eigenvalue weighted by Crippen LogP contribution is -2.16. The molecule has 1 aromatic carbocycles. The minimum atomic E-state index is -3.28. The topological polar surface area (TPSA) is 75.3 Å². The summed E-state index contributed by atoms with van der Waals surface area (Å²) in [5.74, 6) is 0.565. The third-order valence-corrected chi connectivity index (χ3v) is 4.36. The van der Waals surface area contributed by atoms with Crippen LogP contribution >= 0.6 is 0 Å². The maximum Gasteiger partial charge on any atom is 0.232 e. The molecule has 0 spiro atoms. The van der Waals surface area contributed by atoms with Crippen LogP contribution in [0.2, 0.25) is 0 Å². The Bertz CT molecular complexity index is 551. The Kier molecular flexibility index (Phi) is 6.68. The van der Waals surface area contributed by atoms with E-state index in [0.29, 0.717) is 30.1 Å². The Morgan fingerprint density at radius 3 is 2.24 bits per heavy atom. The number of hydrogen-bond donors (Lipinski definition) is 2. The van der Waals surface area contributed by atoms with Crippen LogP contribution in [0.15, 0.2) is 24.3 Å². The molecule has 21 heavy (non-hydrogen) atoms. The predicted octanol–water partition coefficient (Wildman–Crippen LogP) is 3.21. The van der Waals surface area contributed by atoms with Gasteiger partial charge in [-0.25, -0.2) is 8.42 Å². The fourth-order valence-corrected chi connectivity index (χ4v) is 2.90. The maximum absolute atomic E-state index is 11.7. The lowest BCUT2D eigenvalue weighted by atomic mass is 10.1. The van der Waals surface area contributed by atoms with Crippen molar-refractivity contribution in [1.29, 1.82) is 0 Å². The second-order valence-corrected chi connectivity index (χ2v) is 7.32. The van der Waals surface area contributed by atoms with Crippen molar-refractivity contribution in [1.82, 2.24) is 0 Å². The van der Waals surface area contributed by atoms with E-state index < -0.39 is 10.0 Å². The smallest absolute Gasteiger partial charge is 0.232 e. The highest BCUT2D eigenvalue weighted by Gasteiger charge is 2.09. The summed E-state index contributed by atoms with van der Waals surface area (Å²) in [5.41, 5.74) is 1.17. The van der Waals surface area contributed by atoms with Crippen LogP contribution in [-0.4, -0.2) is 20.1 Å². The van der Waals surface area contributed by atoms with Gasteiger partial charge in [0.2, 0.25) is 15.9 Å². The van der Waals surface area contributed by atoms with Gasteiger partial charge < -0.3 is 5.32 Å². The van der Waals surface area contributed by atoms with Crippen LogP contribution in [0.25, 0.3) is 0 Å². The Morgan fingerprint density at radius 1 is 1.14 bits per heavy atom. The quantitative estimate of drug-likeness (QED) is 0.774. The molecule has 0 aliphatic rings. The number of carbonyl (C=O) groups is 1. The van der Waals surface area contributed by atoms with Gasteiger partial charge in [-0.1, -0.05) is 20.8 Å². The average molecular weight is 312 g/mol. The molecule has 0 bridgehead atoms. The predicted molar refractivity (Wildman–Crippen MR) is 86.8 cm³/mol. The zero-order chi connectivity index (χ0) is 15.9. The van der Waals surface area contributed by atoms with Crippen molar-refractivity contribution < 1.29 is 13.2 Å². The van der Waals surface area contributed by atoms with Crippen LogP contribution in [0.5, 0.6) is 0 Å². The highest BCUT2D eigenvalue weighted by atomic mass is 32.2. The summed E-state index contributed by atoms with van der Waals surface area (Å²) < 4.78 is 25.8. The number of sulfonamides is 1. The van der Waals surface area contributed by atoms with Crippen molar-refractivity contribution in [3.8, 4) is 0 Å². The molecule has 0 atom stereocenters. The SMILES string of the molecule is CCCS(=O)(=O)Nc1ccc(NC(=O)CCC(C)C)cc1. The van der Waals surface area contributed by atoms with Crippen LogP contribution in [0.3, 0.4) is 0 Å². The largest absolute Gasteiger partial charge is 0.326 e. The summed E-state index contributed by atoms with van der Waals surface area (Å²) in [6.07, 6.45) is 1.91. The van der Waals surface area contributed by atoms with Crippen LogP contribution in [0, 0.1) is 5.92 Å². The summed E-state index contributed by atoms with van der Waals surface area (Å²) in [4.78, 5) is 11.7. The molecule has 0 fully saturated rings. The first-order valence-corrected chi connectivity index (χ1v) is 8.88. The number of carbonyl (C=O) groups excluding carboxylic acids is 1. The highest BCUT2D eigenvalue weighted by Crippen LogP contribution is 2.16. The van der Waals surface area contributed by atoms with E-state index in [2.05, 4.69) is 23.9 Å². The number of nitrogens with one attached hydrogen (secondary N) is 2. The minimum absolute atomic E-state index is 0.0250. The van der Waals surface area contributed by atoms with Crippen LogP contribution in [-0.2, 0) is 14.8 Å². The molecule has 1 aromatic rings. The van der Waals surface area contributed by atoms with E-state index in [1.807, 2.05) is 6.92 Å². The standard InChI is InChI=1S/C15H24N2O3S/c1-4-11-21(19,20)17-14-8-6-13(7-9-14)16-15(18)10-5-12(2)3/h6-9,12,17H,4-5,10-11H2,1-3H3,(H,16,18). The molecule has 0 aliphatic heterocycles. The second-order valence-electron chi connectivity index (χ2n) is 5.48. The van der Waals surface area contributed by atoms with E-state index in [9.17, 15) is 13.2 Å². The average Bonchev–Trinajstić information content (AvgIpc) is 2.38. The van der Waals surface area contributed by atoms with E-state index in [0.717, 1.165) is 6.42 Å². The third-order valence-electron chi connectivity index (χ3n) is 2.86. The van der Waals surface area contributed by atoms with Crippen LogP contribution in [0.1, 0.15) is 40.0 Å². The maximum atomic E-state index is 11.7. The molecule has 2 N–H and O–H groups in total. The molecule has 1 rings (SSSR count). The first-order chi connectivity index (χ1) is 9.82.